The largest absolute Gasteiger partial charge is 0.423 e. The van der Waals surface area contributed by atoms with Gasteiger partial charge in [0.25, 0.3) is 5.69 Å². The highest BCUT2D eigenvalue weighted by Gasteiger charge is 2.38. The quantitative estimate of drug-likeness (QED) is 0.520. The van der Waals surface area contributed by atoms with Gasteiger partial charge in [-0.15, -0.1) is 0 Å². The highest BCUT2D eigenvalue weighted by molar-refractivity contribution is 5.92. The molecule has 0 radical (unpaired) electrons. The number of carbonyl (C=O) groups is 1. The summed E-state index contributed by atoms with van der Waals surface area (Å²) >= 11 is 0. The lowest BCUT2D eigenvalue weighted by atomic mass is 10.1. The van der Waals surface area contributed by atoms with E-state index in [1.54, 1.807) is 0 Å². The van der Waals surface area contributed by atoms with E-state index in [0.717, 1.165) is 12.1 Å². The first-order valence-corrected chi connectivity index (χ1v) is 6.57. The van der Waals surface area contributed by atoms with Gasteiger partial charge >= 0.3 is 6.18 Å². The highest BCUT2D eigenvalue weighted by Crippen LogP contribution is 2.37. The number of hydrogen-bond donors (Lipinski definition) is 1. The maximum Gasteiger partial charge on any atom is 0.423 e. The second-order valence-corrected chi connectivity index (χ2v) is 4.80. The van der Waals surface area contributed by atoms with Gasteiger partial charge in [-0.25, -0.2) is 4.39 Å². The van der Waals surface area contributed by atoms with Crippen molar-refractivity contribution in [2.45, 2.75) is 12.6 Å². The highest BCUT2D eigenvalue weighted by atomic mass is 19.4. The van der Waals surface area contributed by atoms with Crippen LogP contribution in [-0.2, 0) is 17.4 Å². The number of benzene rings is 2. The van der Waals surface area contributed by atoms with Gasteiger partial charge < -0.3 is 5.32 Å². The molecule has 2 rings (SSSR count). The monoisotopic (exact) mass is 342 g/mol. The summed E-state index contributed by atoms with van der Waals surface area (Å²) in [6.07, 6.45) is -5.33. The Hall–Kier alpha value is -2.97. The van der Waals surface area contributed by atoms with Crippen molar-refractivity contribution in [3.8, 4) is 0 Å². The van der Waals surface area contributed by atoms with Crippen LogP contribution in [0.3, 0.4) is 0 Å². The van der Waals surface area contributed by atoms with Crippen LogP contribution in [0.5, 0.6) is 0 Å². The number of nitrogens with zero attached hydrogens (tertiary/aromatic N) is 1. The smallest absolute Gasteiger partial charge is 0.326 e. The Morgan fingerprint density at radius 2 is 1.83 bits per heavy atom. The van der Waals surface area contributed by atoms with Crippen molar-refractivity contribution in [2.24, 2.45) is 0 Å². The van der Waals surface area contributed by atoms with Gasteiger partial charge in [-0.05, 0) is 23.8 Å². The Bertz CT molecular complexity index is 791. The molecule has 0 aliphatic rings. The Kier molecular flexibility index (Phi) is 4.82. The molecule has 0 aliphatic carbocycles. The third kappa shape index (κ3) is 4.06. The first-order valence-electron chi connectivity index (χ1n) is 6.57. The number of nitro benzene ring substituents is 1. The van der Waals surface area contributed by atoms with Crippen LogP contribution in [0, 0.1) is 15.9 Å². The molecule has 24 heavy (non-hydrogen) atoms. The number of carbonyl (C=O) groups excluding carboxylic acids is 1. The molecule has 1 amide bonds. The van der Waals surface area contributed by atoms with E-state index in [2.05, 4.69) is 5.32 Å². The van der Waals surface area contributed by atoms with E-state index in [1.807, 2.05) is 0 Å². The topological polar surface area (TPSA) is 72.2 Å². The summed E-state index contributed by atoms with van der Waals surface area (Å²) in [6.45, 7) is 0. The van der Waals surface area contributed by atoms with Crippen LogP contribution in [0.4, 0.5) is 28.9 Å². The Balaban J connectivity index is 2.22. The fourth-order valence-electron chi connectivity index (χ4n) is 2.02. The lowest BCUT2D eigenvalue weighted by molar-refractivity contribution is -0.388. The summed E-state index contributed by atoms with van der Waals surface area (Å²) in [5, 5.41) is 12.8. The first-order chi connectivity index (χ1) is 11.2. The van der Waals surface area contributed by atoms with Crippen LogP contribution < -0.4 is 5.32 Å². The van der Waals surface area contributed by atoms with Crippen LogP contribution in [0.25, 0.3) is 0 Å². The number of rotatable bonds is 4. The normalized spacial score (nSPS) is 11.2. The van der Waals surface area contributed by atoms with Crippen LogP contribution in [-0.4, -0.2) is 10.8 Å². The molecule has 0 spiro atoms. The van der Waals surface area contributed by atoms with Crippen LogP contribution >= 0.6 is 0 Å². The van der Waals surface area contributed by atoms with Gasteiger partial charge in [0, 0.05) is 11.8 Å². The number of hydrogen-bond acceptors (Lipinski definition) is 3. The molecule has 1 N–H and O–H groups in total. The van der Waals surface area contributed by atoms with Crippen molar-refractivity contribution in [1.29, 1.82) is 0 Å². The average molecular weight is 342 g/mol. The van der Waals surface area contributed by atoms with Crippen molar-refractivity contribution in [2.75, 3.05) is 5.32 Å². The number of anilines is 1. The Labute approximate surface area is 133 Å². The summed E-state index contributed by atoms with van der Waals surface area (Å²) in [4.78, 5) is 21.3. The summed E-state index contributed by atoms with van der Waals surface area (Å²) < 4.78 is 52.0. The molecule has 9 heteroatoms. The van der Waals surface area contributed by atoms with Crippen molar-refractivity contribution in [1.82, 2.24) is 0 Å². The molecule has 0 saturated carbocycles. The summed E-state index contributed by atoms with van der Waals surface area (Å²) in [5.74, 6) is -1.37. The molecule has 0 heterocycles. The van der Waals surface area contributed by atoms with E-state index >= 15 is 0 Å². The van der Waals surface area contributed by atoms with Gasteiger partial charge in [0.2, 0.25) is 5.91 Å². The van der Waals surface area contributed by atoms with Gasteiger partial charge in [-0.1, -0.05) is 18.2 Å². The van der Waals surface area contributed by atoms with Gasteiger partial charge in [-0.3, -0.25) is 14.9 Å². The molecule has 0 aromatic heterocycles. The lowest BCUT2D eigenvalue weighted by Crippen LogP contribution is -2.16. The van der Waals surface area contributed by atoms with Gasteiger partial charge in [-0.2, -0.15) is 13.2 Å². The van der Waals surface area contributed by atoms with Gasteiger partial charge in [0.1, 0.15) is 11.4 Å². The van der Waals surface area contributed by atoms with E-state index in [-0.39, 0.29) is 17.7 Å². The van der Waals surface area contributed by atoms with Crippen LogP contribution in [0.2, 0.25) is 0 Å². The summed E-state index contributed by atoms with van der Waals surface area (Å²) in [6, 6.07) is 7.57. The number of halogens is 4. The standard InChI is InChI=1S/C15H10F4N2O3/c16-12-4-2-1-3-9(12)7-14(22)20-10-5-6-13(21(23)24)11(8-10)15(17,18)19/h1-6,8H,7H2,(H,20,22). The fourth-order valence-corrected chi connectivity index (χ4v) is 2.02. The van der Waals surface area contributed by atoms with E-state index in [0.29, 0.717) is 12.1 Å². The number of alkyl halides is 3. The minimum Gasteiger partial charge on any atom is -0.326 e. The lowest BCUT2D eigenvalue weighted by Gasteiger charge is -2.11. The maximum atomic E-state index is 13.4. The summed E-state index contributed by atoms with van der Waals surface area (Å²) in [7, 11) is 0. The summed E-state index contributed by atoms with van der Waals surface area (Å²) in [5.41, 5.74) is -2.78. The molecular weight excluding hydrogens is 332 g/mol. The van der Waals surface area contributed by atoms with Crippen molar-refractivity contribution < 1.29 is 27.3 Å². The van der Waals surface area contributed by atoms with Crippen molar-refractivity contribution in [3.63, 3.8) is 0 Å². The Morgan fingerprint density at radius 3 is 2.42 bits per heavy atom. The zero-order valence-electron chi connectivity index (χ0n) is 11.9. The zero-order valence-corrected chi connectivity index (χ0v) is 11.9. The molecule has 0 saturated heterocycles. The molecule has 126 valence electrons. The predicted octanol–water partition coefficient (Wildman–Crippen LogP) is 3.93. The third-order valence-corrected chi connectivity index (χ3v) is 3.09. The van der Waals surface area contributed by atoms with E-state index in [1.165, 1.54) is 18.2 Å². The Morgan fingerprint density at radius 1 is 1.17 bits per heavy atom. The molecule has 2 aromatic rings. The molecule has 5 nitrogen and oxygen atoms in total. The number of nitrogens with one attached hydrogen (secondary N) is 1. The van der Waals surface area contributed by atoms with E-state index in [9.17, 15) is 32.5 Å². The van der Waals surface area contributed by atoms with Gasteiger partial charge in [0.05, 0.1) is 11.3 Å². The van der Waals surface area contributed by atoms with Crippen molar-refractivity contribution in [3.05, 3.63) is 69.5 Å². The average Bonchev–Trinajstić information content (AvgIpc) is 2.48. The van der Waals surface area contributed by atoms with E-state index < -0.39 is 34.1 Å². The second-order valence-electron chi connectivity index (χ2n) is 4.80. The van der Waals surface area contributed by atoms with Gasteiger partial charge in [0.15, 0.2) is 0 Å². The minimum atomic E-state index is -4.95. The second kappa shape index (κ2) is 6.65. The maximum absolute atomic E-state index is 13.4. The van der Waals surface area contributed by atoms with Crippen molar-refractivity contribution >= 4 is 17.3 Å². The number of nitro groups is 1. The number of amides is 1. The molecule has 0 unspecified atom stereocenters. The SMILES string of the molecule is O=C(Cc1ccccc1F)Nc1ccc([N+](=O)[O-])c(C(F)(F)F)c1. The molecule has 0 bridgehead atoms. The molecular formula is C15H10F4N2O3. The zero-order chi connectivity index (χ0) is 17.9. The molecule has 0 aliphatic heterocycles. The molecule has 0 atom stereocenters. The third-order valence-electron chi connectivity index (χ3n) is 3.09. The predicted molar refractivity (Wildman–Crippen MR) is 76.8 cm³/mol. The molecule has 0 fully saturated rings. The molecule has 2 aromatic carbocycles. The van der Waals surface area contributed by atoms with Crippen LogP contribution in [0.15, 0.2) is 42.5 Å². The fraction of sp³-hybridized carbons (Fsp3) is 0.133. The van der Waals surface area contributed by atoms with Crippen LogP contribution in [0.1, 0.15) is 11.1 Å². The first kappa shape index (κ1) is 17.4. The minimum absolute atomic E-state index is 0.0768. The van der Waals surface area contributed by atoms with E-state index in [4.69, 9.17) is 0 Å².